The molecule has 1 aromatic heterocycles. The number of hydrogen-bond acceptors (Lipinski definition) is 4. The van der Waals surface area contributed by atoms with Crippen molar-refractivity contribution in [2.75, 3.05) is 7.11 Å². The molecule has 0 aliphatic heterocycles. The molecular formula is C17H17NO4S. The molecule has 0 atom stereocenters. The lowest BCUT2D eigenvalue weighted by molar-refractivity contribution is -0.133. The highest BCUT2D eigenvalue weighted by atomic mass is 32.2. The van der Waals surface area contributed by atoms with Crippen LogP contribution in [-0.4, -0.2) is 25.5 Å². The van der Waals surface area contributed by atoms with Gasteiger partial charge < -0.3 is 4.74 Å². The summed E-state index contributed by atoms with van der Waals surface area (Å²) in [5, 5.41) is 0. The Labute approximate surface area is 135 Å². The lowest BCUT2D eigenvalue weighted by Crippen LogP contribution is -2.17. The molecular weight excluding hydrogens is 314 g/mol. The average Bonchev–Trinajstić information content (AvgIpc) is 2.99. The average molecular weight is 331 g/mol. The highest BCUT2D eigenvalue weighted by Crippen LogP contribution is 2.30. The van der Waals surface area contributed by atoms with Crippen LogP contribution in [0.25, 0.3) is 5.57 Å². The molecule has 23 heavy (non-hydrogen) atoms. The number of fused-ring (bicyclic) bond motifs is 1. The van der Waals surface area contributed by atoms with Gasteiger partial charge in [-0.3, -0.25) is 0 Å². The van der Waals surface area contributed by atoms with Gasteiger partial charge in [0.05, 0.1) is 17.6 Å². The molecule has 1 aliphatic rings. The smallest absolute Gasteiger partial charge is 0.338 e. The summed E-state index contributed by atoms with van der Waals surface area (Å²) in [5.41, 5.74) is 2.66. The minimum atomic E-state index is -3.67. The Morgan fingerprint density at radius 3 is 2.52 bits per heavy atom. The first-order valence-electron chi connectivity index (χ1n) is 7.26. The van der Waals surface area contributed by atoms with Crippen molar-refractivity contribution in [2.24, 2.45) is 0 Å². The zero-order valence-corrected chi connectivity index (χ0v) is 13.8. The van der Waals surface area contributed by atoms with Gasteiger partial charge >= 0.3 is 5.97 Å². The molecule has 1 aliphatic carbocycles. The molecule has 6 heteroatoms. The van der Waals surface area contributed by atoms with Gasteiger partial charge in [0.15, 0.2) is 0 Å². The van der Waals surface area contributed by atoms with E-state index < -0.39 is 16.0 Å². The van der Waals surface area contributed by atoms with Crippen molar-refractivity contribution in [3.63, 3.8) is 0 Å². The van der Waals surface area contributed by atoms with Crippen LogP contribution in [0.3, 0.4) is 0 Å². The van der Waals surface area contributed by atoms with Gasteiger partial charge in [0.2, 0.25) is 0 Å². The zero-order chi connectivity index (χ0) is 16.6. The SMILES string of the molecule is COC(=O)C1=CCCc2c1ccn2S(=O)(=O)c1ccc(C)cc1. The maximum absolute atomic E-state index is 12.9. The van der Waals surface area contributed by atoms with E-state index >= 15 is 0 Å². The van der Waals surface area contributed by atoms with Crippen molar-refractivity contribution in [1.82, 2.24) is 3.97 Å². The summed E-state index contributed by atoms with van der Waals surface area (Å²) in [6.45, 7) is 1.90. The summed E-state index contributed by atoms with van der Waals surface area (Å²) >= 11 is 0. The largest absolute Gasteiger partial charge is 0.465 e. The third kappa shape index (κ3) is 2.59. The third-order valence-corrected chi connectivity index (χ3v) is 5.68. The minimum Gasteiger partial charge on any atom is -0.465 e. The Morgan fingerprint density at radius 2 is 1.87 bits per heavy atom. The predicted molar refractivity (Wildman–Crippen MR) is 86.5 cm³/mol. The fourth-order valence-electron chi connectivity index (χ4n) is 2.75. The summed E-state index contributed by atoms with van der Waals surface area (Å²) in [4.78, 5) is 12.1. The van der Waals surface area contributed by atoms with E-state index in [1.54, 1.807) is 36.4 Å². The molecule has 0 N–H and O–H groups in total. The second-order valence-electron chi connectivity index (χ2n) is 5.44. The minimum absolute atomic E-state index is 0.232. The van der Waals surface area contributed by atoms with Gasteiger partial charge in [-0.25, -0.2) is 17.2 Å². The van der Waals surface area contributed by atoms with E-state index in [2.05, 4.69) is 0 Å². The molecule has 0 fully saturated rings. The quantitative estimate of drug-likeness (QED) is 0.811. The van der Waals surface area contributed by atoms with Crippen LogP contribution in [0.1, 0.15) is 23.2 Å². The highest BCUT2D eigenvalue weighted by Gasteiger charge is 2.27. The van der Waals surface area contributed by atoms with Gasteiger partial charge in [-0.15, -0.1) is 0 Å². The van der Waals surface area contributed by atoms with E-state index in [4.69, 9.17) is 4.74 Å². The van der Waals surface area contributed by atoms with Gasteiger partial charge in [-0.2, -0.15) is 0 Å². The molecule has 0 unspecified atom stereocenters. The molecule has 0 saturated carbocycles. The second kappa shape index (κ2) is 5.70. The molecule has 3 rings (SSSR count). The Hall–Kier alpha value is -2.34. The van der Waals surface area contributed by atoms with E-state index in [1.165, 1.54) is 17.3 Å². The second-order valence-corrected chi connectivity index (χ2v) is 7.25. The maximum Gasteiger partial charge on any atom is 0.338 e. The number of ether oxygens (including phenoxy) is 1. The number of hydrogen-bond donors (Lipinski definition) is 0. The number of esters is 1. The fraction of sp³-hybridized carbons (Fsp3) is 0.235. The topological polar surface area (TPSA) is 65.4 Å². The first-order chi connectivity index (χ1) is 10.9. The van der Waals surface area contributed by atoms with Crippen molar-refractivity contribution in [2.45, 2.75) is 24.7 Å². The molecule has 0 bridgehead atoms. The monoisotopic (exact) mass is 331 g/mol. The van der Waals surface area contributed by atoms with E-state index in [1.807, 2.05) is 6.92 Å². The lowest BCUT2D eigenvalue weighted by atomic mass is 9.97. The predicted octanol–water partition coefficient (Wildman–Crippen LogP) is 2.54. The Morgan fingerprint density at radius 1 is 1.17 bits per heavy atom. The van der Waals surface area contributed by atoms with Crippen LogP contribution >= 0.6 is 0 Å². The highest BCUT2D eigenvalue weighted by molar-refractivity contribution is 7.90. The zero-order valence-electron chi connectivity index (χ0n) is 12.9. The number of rotatable bonds is 3. The third-order valence-electron chi connectivity index (χ3n) is 3.96. The summed E-state index contributed by atoms with van der Waals surface area (Å²) < 4.78 is 31.7. The van der Waals surface area contributed by atoms with Crippen molar-refractivity contribution in [1.29, 1.82) is 0 Å². The molecule has 2 aromatic rings. The molecule has 1 heterocycles. The van der Waals surface area contributed by atoms with Crippen molar-refractivity contribution in [3.8, 4) is 0 Å². The molecule has 0 amide bonds. The van der Waals surface area contributed by atoms with Crippen molar-refractivity contribution < 1.29 is 17.9 Å². The van der Waals surface area contributed by atoms with Crippen LogP contribution in [0.5, 0.6) is 0 Å². The number of allylic oxidation sites excluding steroid dienone is 1. The van der Waals surface area contributed by atoms with Gasteiger partial charge in [-0.05, 0) is 38.0 Å². The number of aromatic nitrogens is 1. The first-order valence-corrected chi connectivity index (χ1v) is 8.70. The number of carbonyl (C=O) groups is 1. The van der Waals surface area contributed by atoms with Crippen LogP contribution in [0.2, 0.25) is 0 Å². The molecule has 0 spiro atoms. The summed E-state index contributed by atoms with van der Waals surface area (Å²) in [6.07, 6.45) is 4.46. The number of nitrogens with zero attached hydrogens (tertiary/aromatic N) is 1. The first kappa shape index (κ1) is 15.6. The fourth-order valence-corrected chi connectivity index (χ4v) is 4.16. The van der Waals surface area contributed by atoms with E-state index in [-0.39, 0.29) is 4.90 Å². The summed E-state index contributed by atoms with van der Waals surface area (Å²) in [7, 11) is -2.36. The van der Waals surface area contributed by atoms with E-state index in [0.29, 0.717) is 29.7 Å². The number of methoxy groups -OCH3 is 1. The normalized spacial score (nSPS) is 14.1. The molecule has 120 valence electrons. The van der Waals surface area contributed by atoms with E-state index in [0.717, 1.165) is 5.56 Å². The van der Waals surface area contributed by atoms with Crippen LogP contribution in [0.15, 0.2) is 47.5 Å². The van der Waals surface area contributed by atoms with Crippen LogP contribution in [0, 0.1) is 6.92 Å². The Kier molecular flexibility index (Phi) is 3.85. The number of carbonyl (C=O) groups excluding carboxylic acids is 1. The van der Waals surface area contributed by atoms with E-state index in [9.17, 15) is 13.2 Å². The Bertz CT molecular complexity index is 889. The molecule has 1 aromatic carbocycles. The van der Waals surface area contributed by atoms with Crippen molar-refractivity contribution in [3.05, 3.63) is 59.4 Å². The Balaban J connectivity index is 2.10. The number of aryl methyl sites for hydroxylation is 1. The standard InChI is InChI=1S/C17H17NO4S/c1-12-6-8-13(9-7-12)23(20,21)18-11-10-14-15(17(19)22-2)4-3-5-16(14)18/h4,6-11H,3,5H2,1-2H3. The maximum atomic E-state index is 12.9. The van der Waals surface area contributed by atoms with Gasteiger partial charge in [0.25, 0.3) is 10.0 Å². The molecule has 5 nitrogen and oxygen atoms in total. The lowest BCUT2D eigenvalue weighted by Gasteiger charge is -2.16. The van der Waals surface area contributed by atoms with Gasteiger partial charge in [-0.1, -0.05) is 23.8 Å². The van der Waals surface area contributed by atoms with Crippen LogP contribution in [0.4, 0.5) is 0 Å². The van der Waals surface area contributed by atoms with Gasteiger partial charge in [0, 0.05) is 17.5 Å². The molecule has 0 radical (unpaired) electrons. The van der Waals surface area contributed by atoms with Crippen LogP contribution < -0.4 is 0 Å². The van der Waals surface area contributed by atoms with Crippen LogP contribution in [-0.2, 0) is 26.0 Å². The van der Waals surface area contributed by atoms with Crippen molar-refractivity contribution >= 4 is 21.6 Å². The summed E-state index contributed by atoms with van der Waals surface area (Å²) in [6, 6.07) is 8.38. The molecule has 0 saturated heterocycles. The number of benzene rings is 1. The van der Waals surface area contributed by atoms with Gasteiger partial charge in [0.1, 0.15) is 0 Å². The summed E-state index contributed by atoms with van der Waals surface area (Å²) in [5.74, 6) is -0.448.